The highest BCUT2D eigenvalue weighted by Gasteiger charge is 2.09. The lowest BCUT2D eigenvalue weighted by atomic mass is 10.2. The Bertz CT molecular complexity index is 851. The molecular formula is C19H21N3O3. The van der Waals surface area contributed by atoms with Crippen LogP contribution >= 0.6 is 0 Å². The van der Waals surface area contributed by atoms with E-state index in [1.165, 1.54) is 0 Å². The third-order valence-corrected chi connectivity index (χ3v) is 4.00. The number of hydrogen-bond acceptors (Lipinski definition) is 4. The molecule has 1 amide bonds. The molecule has 0 spiro atoms. The molecule has 0 bridgehead atoms. The molecule has 6 heteroatoms. The number of hydrogen-bond donors (Lipinski definition) is 1. The Morgan fingerprint density at radius 2 is 1.92 bits per heavy atom. The number of methoxy groups -OCH3 is 2. The van der Waals surface area contributed by atoms with E-state index in [1.54, 1.807) is 38.6 Å². The zero-order valence-corrected chi connectivity index (χ0v) is 14.4. The molecule has 2 heterocycles. The van der Waals surface area contributed by atoms with E-state index in [2.05, 4.69) is 14.9 Å². The third-order valence-electron chi connectivity index (χ3n) is 4.00. The van der Waals surface area contributed by atoms with Gasteiger partial charge in [0, 0.05) is 42.5 Å². The number of pyridine rings is 1. The van der Waals surface area contributed by atoms with Crippen molar-refractivity contribution < 1.29 is 14.3 Å². The second-order valence-corrected chi connectivity index (χ2v) is 5.64. The molecule has 0 saturated carbocycles. The third kappa shape index (κ3) is 3.91. The van der Waals surface area contributed by atoms with Gasteiger partial charge in [-0.3, -0.25) is 4.79 Å². The maximum absolute atomic E-state index is 12.3. The lowest BCUT2D eigenvalue weighted by Crippen LogP contribution is -2.25. The van der Waals surface area contributed by atoms with E-state index in [4.69, 9.17) is 9.47 Å². The lowest BCUT2D eigenvalue weighted by Gasteiger charge is -2.10. The molecule has 0 radical (unpaired) electrons. The lowest BCUT2D eigenvalue weighted by molar-refractivity contribution is 0.0952. The van der Waals surface area contributed by atoms with Gasteiger partial charge in [0.25, 0.3) is 5.91 Å². The van der Waals surface area contributed by atoms with Crippen LogP contribution in [0.3, 0.4) is 0 Å². The molecule has 0 aliphatic carbocycles. The van der Waals surface area contributed by atoms with Gasteiger partial charge >= 0.3 is 0 Å². The fourth-order valence-electron chi connectivity index (χ4n) is 2.69. The van der Waals surface area contributed by atoms with Crippen LogP contribution in [0, 0.1) is 0 Å². The molecule has 25 heavy (non-hydrogen) atoms. The van der Waals surface area contributed by atoms with E-state index in [0.29, 0.717) is 23.6 Å². The van der Waals surface area contributed by atoms with Gasteiger partial charge in [0.1, 0.15) is 17.1 Å². The summed E-state index contributed by atoms with van der Waals surface area (Å²) in [7, 11) is 3.12. The van der Waals surface area contributed by atoms with Gasteiger partial charge in [-0.1, -0.05) is 0 Å². The molecule has 1 aromatic carbocycles. The van der Waals surface area contributed by atoms with E-state index in [-0.39, 0.29) is 5.91 Å². The Kier molecular flexibility index (Phi) is 5.18. The van der Waals surface area contributed by atoms with Crippen LogP contribution in [-0.4, -0.2) is 36.2 Å². The van der Waals surface area contributed by atoms with E-state index in [0.717, 1.165) is 24.0 Å². The fourth-order valence-corrected chi connectivity index (χ4v) is 2.69. The Morgan fingerprint density at radius 1 is 1.16 bits per heavy atom. The average Bonchev–Trinajstić information content (AvgIpc) is 3.07. The molecule has 0 fully saturated rings. The summed E-state index contributed by atoms with van der Waals surface area (Å²) >= 11 is 0. The number of amides is 1. The van der Waals surface area contributed by atoms with Crippen molar-refractivity contribution in [1.29, 1.82) is 0 Å². The minimum absolute atomic E-state index is 0.146. The summed E-state index contributed by atoms with van der Waals surface area (Å²) < 4.78 is 12.5. The van der Waals surface area contributed by atoms with Crippen molar-refractivity contribution in [3.8, 4) is 11.5 Å². The summed E-state index contributed by atoms with van der Waals surface area (Å²) in [5, 5.41) is 4.05. The highest BCUT2D eigenvalue weighted by molar-refractivity contribution is 5.95. The number of carbonyl (C=O) groups excluding carboxylic acids is 1. The van der Waals surface area contributed by atoms with E-state index in [9.17, 15) is 4.79 Å². The van der Waals surface area contributed by atoms with Crippen molar-refractivity contribution in [3.05, 3.63) is 54.4 Å². The minimum Gasteiger partial charge on any atom is -0.497 e. The highest BCUT2D eigenvalue weighted by atomic mass is 16.5. The van der Waals surface area contributed by atoms with Gasteiger partial charge in [-0.15, -0.1) is 0 Å². The second-order valence-electron chi connectivity index (χ2n) is 5.64. The van der Waals surface area contributed by atoms with Gasteiger partial charge in [0.15, 0.2) is 0 Å². The second kappa shape index (κ2) is 7.70. The molecule has 6 nitrogen and oxygen atoms in total. The first-order valence-corrected chi connectivity index (χ1v) is 8.12. The molecule has 1 N–H and O–H groups in total. The van der Waals surface area contributed by atoms with Gasteiger partial charge in [0.2, 0.25) is 0 Å². The van der Waals surface area contributed by atoms with Gasteiger partial charge in [-0.25, -0.2) is 4.98 Å². The molecule has 0 unspecified atom stereocenters. The minimum atomic E-state index is -0.146. The maximum Gasteiger partial charge on any atom is 0.251 e. The van der Waals surface area contributed by atoms with Crippen LogP contribution in [0.4, 0.5) is 0 Å². The largest absolute Gasteiger partial charge is 0.497 e. The molecule has 0 aliphatic heterocycles. The normalized spacial score (nSPS) is 10.6. The average molecular weight is 339 g/mol. The van der Waals surface area contributed by atoms with Crippen molar-refractivity contribution >= 4 is 16.9 Å². The van der Waals surface area contributed by atoms with Crippen molar-refractivity contribution in [2.75, 3.05) is 20.8 Å². The number of ether oxygens (including phenoxy) is 2. The van der Waals surface area contributed by atoms with Crippen LogP contribution in [0.2, 0.25) is 0 Å². The summed E-state index contributed by atoms with van der Waals surface area (Å²) in [5.41, 5.74) is 1.48. The van der Waals surface area contributed by atoms with Gasteiger partial charge < -0.3 is 19.4 Å². The van der Waals surface area contributed by atoms with Crippen LogP contribution in [0.15, 0.2) is 48.8 Å². The molecule has 0 atom stereocenters. The molecule has 3 rings (SSSR count). The standard InChI is InChI=1S/C19H21N3O3/c1-24-16-11-15(12-17(13-16)25-2)19(23)21-8-4-9-22-10-6-14-5-3-7-20-18(14)22/h3,5-7,10-13H,4,8-9H2,1-2H3,(H,21,23). The number of benzene rings is 1. The van der Waals surface area contributed by atoms with Crippen molar-refractivity contribution in [3.63, 3.8) is 0 Å². The van der Waals surface area contributed by atoms with E-state index < -0.39 is 0 Å². The van der Waals surface area contributed by atoms with Gasteiger partial charge in [0.05, 0.1) is 14.2 Å². The Morgan fingerprint density at radius 3 is 2.64 bits per heavy atom. The van der Waals surface area contributed by atoms with Gasteiger partial charge in [-0.2, -0.15) is 0 Å². The van der Waals surface area contributed by atoms with Crippen molar-refractivity contribution in [2.24, 2.45) is 0 Å². The number of aryl methyl sites for hydroxylation is 1. The molecule has 3 aromatic rings. The Hall–Kier alpha value is -3.02. The van der Waals surface area contributed by atoms with Crippen molar-refractivity contribution in [2.45, 2.75) is 13.0 Å². The first-order valence-electron chi connectivity index (χ1n) is 8.12. The molecule has 130 valence electrons. The Balaban J connectivity index is 1.56. The highest BCUT2D eigenvalue weighted by Crippen LogP contribution is 2.22. The van der Waals surface area contributed by atoms with E-state index >= 15 is 0 Å². The number of rotatable bonds is 7. The van der Waals surface area contributed by atoms with Gasteiger partial charge in [-0.05, 0) is 36.8 Å². The summed E-state index contributed by atoms with van der Waals surface area (Å²) in [6.45, 7) is 1.37. The smallest absolute Gasteiger partial charge is 0.251 e. The SMILES string of the molecule is COc1cc(OC)cc(C(=O)NCCCn2ccc3cccnc32)c1. The fraction of sp³-hybridized carbons (Fsp3) is 0.263. The zero-order chi connectivity index (χ0) is 17.6. The van der Waals surface area contributed by atoms with Crippen LogP contribution in [0.5, 0.6) is 11.5 Å². The summed E-state index contributed by atoms with van der Waals surface area (Å²) in [6, 6.07) is 11.1. The number of fused-ring (bicyclic) bond motifs is 1. The van der Waals surface area contributed by atoms with Crippen LogP contribution in [0.25, 0.3) is 11.0 Å². The number of nitrogens with zero attached hydrogens (tertiary/aromatic N) is 2. The Labute approximate surface area is 146 Å². The maximum atomic E-state index is 12.3. The van der Waals surface area contributed by atoms with E-state index in [1.807, 2.05) is 24.4 Å². The molecule has 0 aliphatic rings. The molecule has 0 saturated heterocycles. The zero-order valence-electron chi connectivity index (χ0n) is 14.4. The van der Waals surface area contributed by atoms with Crippen molar-refractivity contribution in [1.82, 2.24) is 14.9 Å². The molecule has 2 aromatic heterocycles. The number of aromatic nitrogens is 2. The summed E-state index contributed by atoms with van der Waals surface area (Å²) in [4.78, 5) is 16.7. The number of carbonyl (C=O) groups is 1. The first-order chi connectivity index (χ1) is 12.2. The predicted molar refractivity (Wildman–Crippen MR) is 96.2 cm³/mol. The first kappa shape index (κ1) is 16.8. The predicted octanol–water partition coefficient (Wildman–Crippen LogP) is 2.87. The summed E-state index contributed by atoms with van der Waals surface area (Å²) in [6.07, 6.45) is 4.62. The van der Waals surface area contributed by atoms with Crippen LogP contribution in [0.1, 0.15) is 16.8 Å². The monoisotopic (exact) mass is 339 g/mol. The molecular weight excluding hydrogens is 318 g/mol. The van der Waals surface area contributed by atoms with Crippen LogP contribution < -0.4 is 14.8 Å². The van der Waals surface area contributed by atoms with Crippen LogP contribution in [-0.2, 0) is 6.54 Å². The topological polar surface area (TPSA) is 65.4 Å². The quantitative estimate of drug-likeness (QED) is 0.672. The summed E-state index contributed by atoms with van der Waals surface area (Å²) in [5.74, 6) is 1.04. The number of nitrogens with one attached hydrogen (secondary N) is 1.